The monoisotopic (exact) mass is 516 g/mol. The summed E-state index contributed by atoms with van der Waals surface area (Å²) in [7, 11) is 1.62. The molecule has 38 heavy (non-hydrogen) atoms. The van der Waals surface area contributed by atoms with Gasteiger partial charge in [-0.1, -0.05) is 67.0 Å². The maximum Gasteiger partial charge on any atom is 0.441 e. The first-order valence-corrected chi connectivity index (χ1v) is 12.8. The van der Waals surface area contributed by atoms with Crippen LogP contribution in [0.5, 0.6) is 0 Å². The van der Waals surface area contributed by atoms with Crippen molar-refractivity contribution in [1.82, 2.24) is 19.3 Å². The number of ether oxygens (including phenoxy) is 1. The zero-order chi connectivity index (χ0) is 27.2. The minimum Gasteiger partial charge on any atom is -0.466 e. The van der Waals surface area contributed by atoms with Crippen molar-refractivity contribution in [2.24, 2.45) is 7.05 Å². The lowest BCUT2D eigenvalue weighted by Crippen LogP contribution is -2.31. The SMILES string of the molecule is CCCCc1nc(C)c(CC(=O)OCC)c(=O)n1Cc1ccc(-c2ccccc2-c2noc(=O)n2C)cc1. The third-order valence-electron chi connectivity index (χ3n) is 6.50. The van der Waals surface area contributed by atoms with Crippen LogP contribution in [0.25, 0.3) is 22.5 Å². The molecule has 0 amide bonds. The lowest BCUT2D eigenvalue weighted by Gasteiger charge is -2.16. The van der Waals surface area contributed by atoms with Crippen molar-refractivity contribution < 1.29 is 14.1 Å². The minimum absolute atomic E-state index is 0.0974. The molecule has 0 atom stereocenters. The van der Waals surface area contributed by atoms with Gasteiger partial charge in [0.1, 0.15) is 5.82 Å². The predicted molar refractivity (Wildman–Crippen MR) is 144 cm³/mol. The Hall–Kier alpha value is -4.27. The van der Waals surface area contributed by atoms with Crippen LogP contribution in [0.1, 0.15) is 49.3 Å². The molecule has 2 heterocycles. The van der Waals surface area contributed by atoms with Gasteiger partial charge in [-0.05, 0) is 37.0 Å². The van der Waals surface area contributed by atoms with Crippen LogP contribution in [0.4, 0.5) is 0 Å². The number of aromatic nitrogens is 4. The molecule has 0 N–H and O–H groups in total. The van der Waals surface area contributed by atoms with Gasteiger partial charge < -0.3 is 4.74 Å². The van der Waals surface area contributed by atoms with Crippen molar-refractivity contribution in [3.05, 3.63) is 92.1 Å². The quantitative estimate of drug-likeness (QED) is 0.292. The van der Waals surface area contributed by atoms with Gasteiger partial charge in [0.05, 0.1) is 19.6 Å². The van der Waals surface area contributed by atoms with Crippen molar-refractivity contribution in [3.63, 3.8) is 0 Å². The first kappa shape index (κ1) is 26.8. The van der Waals surface area contributed by atoms with Crippen LogP contribution in [-0.4, -0.2) is 31.9 Å². The van der Waals surface area contributed by atoms with Crippen molar-refractivity contribution in [3.8, 4) is 22.5 Å². The Labute approximate surface area is 220 Å². The van der Waals surface area contributed by atoms with Gasteiger partial charge in [0.25, 0.3) is 5.56 Å². The molecule has 0 radical (unpaired) electrons. The zero-order valence-electron chi connectivity index (χ0n) is 22.2. The summed E-state index contributed by atoms with van der Waals surface area (Å²) in [4.78, 5) is 42.2. The van der Waals surface area contributed by atoms with Crippen LogP contribution in [0.3, 0.4) is 0 Å². The summed E-state index contributed by atoms with van der Waals surface area (Å²) in [6.45, 7) is 6.20. The molecule has 0 fully saturated rings. The number of carbonyl (C=O) groups is 1. The molecular weight excluding hydrogens is 484 g/mol. The Morgan fingerprint density at radius 1 is 1.03 bits per heavy atom. The first-order valence-electron chi connectivity index (χ1n) is 12.8. The molecule has 0 unspecified atom stereocenters. The molecule has 0 spiro atoms. The van der Waals surface area contributed by atoms with Gasteiger partial charge in [0.2, 0.25) is 0 Å². The molecule has 0 aliphatic heterocycles. The van der Waals surface area contributed by atoms with Gasteiger partial charge in [-0.25, -0.2) is 9.78 Å². The summed E-state index contributed by atoms with van der Waals surface area (Å²) >= 11 is 0. The Balaban J connectivity index is 1.68. The molecule has 9 heteroatoms. The normalized spacial score (nSPS) is 11.1. The molecule has 0 bridgehead atoms. The molecule has 9 nitrogen and oxygen atoms in total. The van der Waals surface area contributed by atoms with Crippen LogP contribution in [0.15, 0.2) is 62.6 Å². The van der Waals surface area contributed by atoms with Gasteiger partial charge in [-0.15, -0.1) is 0 Å². The summed E-state index contributed by atoms with van der Waals surface area (Å²) in [5, 5.41) is 3.93. The molecule has 4 aromatic rings. The molecule has 4 rings (SSSR count). The average molecular weight is 517 g/mol. The topological polar surface area (TPSA) is 109 Å². The Bertz CT molecular complexity index is 1550. The fraction of sp³-hybridized carbons (Fsp3) is 0.345. The number of unbranched alkanes of at least 4 members (excludes halogenated alkanes) is 1. The van der Waals surface area contributed by atoms with Crippen molar-refractivity contribution >= 4 is 5.97 Å². The fourth-order valence-corrected chi connectivity index (χ4v) is 4.43. The van der Waals surface area contributed by atoms with E-state index in [2.05, 4.69) is 12.1 Å². The number of benzene rings is 2. The van der Waals surface area contributed by atoms with E-state index in [1.54, 1.807) is 25.5 Å². The number of rotatable bonds is 10. The summed E-state index contributed by atoms with van der Waals surface area (Å²) in [5.41, 5.74) is 4.26. The zero-order valence-corrected chi connectivity index (χ0v) is 22.2. The van der Waals surface area contributed by atoms with Gasteiger partial charge in [0.15, 0.2) is 5.82 Å². The van der Waals surface area contributed by atoms with E-state index >= 15 is 0 Å². The maximum atomic E-state index is 13.5. The van der Waals surface area contributed by atoms with Gasteiger partial charge >= 0.3 is 11.7 Å². The van der Waals surface area contributed by atoms with E-state index in [1.165, 1.54) is 4.57 Å². The van der Waals surface area contributed by atoms with E-state index in [0.717, 1.165) is 35.1 Å². The number of carbonyl (C=O) groups excluding carboxylic acids is 1. The molecule has 0 saturated heterocycles. The van der Waals surface area contributed by atoms with Crippen LogP contribution < -0.4 is 11.3 Å². The number of hydrogen-bond donors (Lipinski definition) is 0. The summed E-state index contributed by atoms with van der Waals surface area (Å²) in [6, 6.07) is 15.5. The van der Waals surface area contributed by atoms with E-state index in [0.29, 0.717) is 35.9 Å². The van der Waals surface area contributed by atoms with Crippen LogP contribution in [0.2, 0.25) is 0 Å². The molecule has 198 valence electrons. The third kappa shape index (κ3) is 5.66. The first-order chi connectivity index (χ1) is 18.3. The highest BCUT2D eigenvalue weighted by atomic mass is 16.5. The number of nitrogens with zero attached hydrogens (tertiary/aromatic N) is 4. The molecule has 2 aromatic carbocycles. The number of aryl methyl sites for hydroxylation is 2. The second kappa shape index (κ2) is 11.9. The highest BCUT2D eigenvalue weighted by molar-refractivity contribution is 5.80. The largest absolute Gasteiger partial charge is 0.466 e. The molecule has 0 aliphatic rings. The van der Waals surface area contributed by atoms with Crippen LogP contribution in [-0.2, 0) is 36.0 Å². The standard InChI is InChI=1S/C29H32N4O5/c1-5-7-12-25-30-19(3)24(17-26(34)37-6-2)28(35)33(25)18-20-13-15-21(16-14-20)22-10-8-9-11-23(22)27-31-38-29(36)32(27)4/h8-11,13-16H,5-7,12,17-18H2,1-4H3. The Kier molecular flexibility index (Phi) is 8.35. The lowest BCUT2D eigenvalue weighted by molar-refractivity contribution is -0.142. The maximum absolute atomic E-state index is 13.5. The highest BCUT2D eigenvalue weighted by Gasteiger charge is 2.18. The van der Waals surface area contributed by atoms with E-state index < -0.39 is 11.7 Å². The minimum atomic E-state index is -0.525. The summed E-state index contributed by atoms with van der Waals surface area (Å²) < 4.78 is 12.9. The second-order valence-corrected chi connectivity index (χ2v) is 9.14. The Morgan fingerprint density at radius 3 is 2.37 bits per heavy atom. The molecule has 0 aliphatic carbocycles. The smallest absolute Gasteiger partial charge is 0.441 e. The van der Waals surface area contributed by atoms with Gasteiger partial charge in [-0.2, -0.15) is 0 Å². The molecule has 2 aromatic heterocycles. The predicted octanol–water partition coefficient (Wildman–Crippen LogP) is 4.07. The van der Waals surface area contributed by atoms with E-state index in [-0.39, 0.29) is 18.6 Å². The summed E-state index contributed by atoms with van der Waals surface area (Å²) in [6.07, 6.45) is 2.46. The van der Waals surface area contributed by atoms with Crippen molar-refractivity contribution in [1.29, 1.82) is 0 Å². The van der Waals surface area contributed by atoms with E-state index in [4.69, 9.17) is 14.2 Å². The third-order valence-corrected chi connectivity index (χ3v) is 6.50. The fourth-order valence-electron chi connectivity index (χ4n) is 4.43. The van der Waals surface area contributed by atoms with Crippen LogP contribution >= 0.6 is 0 Å². The highest BCUT2D eigenvalue weighted by Crippen LogP contribution is 2.30. The lowest BCUT2D eigenvalue weighted by atomic mass is 9.98. The van der Waals surface area contributed by atoms with E-state index in [1.807, 2.05) is 48.5 Å². The van der Waals surface area contributed by atoms with Crippen LogP contribution in [0, 0.1) is 6.92 Å². The summed E-state index contributed by atoms with van der Waals surface area (Å²) in [5.74, 6) is 0.198. The molecule has 0 saturated carbocycles. The van der Waals surface area contributed by atoms with Gasteiger partial charge in [0, 0.05) is 30.3 Å². The van der Waals surface area contributed by atoms with Gasteiger partial charge in [-0.3, -0.25) is 23.2 Å². The number of esters is 1. The Morgan fingerprint density at radius 2 is 1.74 bits per heavy atom. The van der Waals surface area contributed by atoms with Crippen molar-refractivity contribution in [2.75, 3.05) is 6.61 Å². The number of hydrogen-bond acceptors (Lipinski definition) is 7. The van der Waals surface area contributed by atoms with Crippen molar-refractivity contribution in [2.45, 2.75) is 53.0 Å². The second-order valence-electron chi connectivity index (χ2n) is 9.14. The average Bonchev–Trinajstić information content (AvgIpc) is 3.25. The molecular formula is C29H32N4O5. The van der Waals surface area contributed by atoms with E-state index in [9.17, 15) is 14.4 Å².